The molecule has 0 N–H and O–H groups in total. The smallest absolute Gasteiger partial charge is 0.0799 e. The quantitative estimate of drug-likeness (QED) is 0.214. The predicted octanol–water partition coefficient (Wildman–Crippen LogP) is 8.87. The first-order valence-corrected chi connectivity index (χ1v) is 13.9. The molecule has 4 nitrogen and oxygen atoms in total. The van der Waals surface area contributed by atoms with E-state index in [2.05, 4.69) is 84.3 Å². The zero-order valence-electron chi connectivity index (χ0n) is 23.0. The van der Waals surface area contributed by atoms with Gasteiger partial charge in [-0.1, -0.05) is 51.0 Å². The van der Waals surface area contributed by atoms with E-state index in [1.54, 1.807) is 0 Å². The molecule has 6 aromatic rings. The summed E-state index contributed by atoms with van der Waals surface area (Å²) < 4.78 is 0. The standard InChI is InChI=1S/C20H24N2.C14H12N2/c1-3-5-7-15-13-18-19(21-14-15)12-10-16-9-11-17(8-6-4-2)22-20(16)18;1-9-7-12-13(15-8-9)6-5-11-4-3-10(2)16-14(11)12/h9-14H,3-8H2,1-2H3;3-8H,1-2H3. The molecule has 0 radical (unpaired) electrons. The molecule has 0 fully saturated rings. The number of benzene rings is 2. The largest absolute Gasteiger partial charge is 0.256 e. The topological polar surface area (TPSA) is 51.6 Å². The third-order valence-electron chi connectivity index (χ3n) is 7.04. The van der Waals surface area contributed by atoms with Crippen molar-refractivity contribution >= 4 is 43.6 Å². The van der Waals surface area contributed by atoms with Crippen molar-refractivity contribution in [2.24, 2.45) is 0 Å². The maximum atomic E-state index is 4.92. The van der Waals surface area contributed by atoms with Gasteiger partial charge in [-0.15, -0.1) is 0 Å². The molecule has 0 aliphatic carbocycles. The second kappa shape index (κ2) is 11.6. The fourth-order valence-corrected chi connectivity index (χ4v) is 4.87. The van der Waals surface area contributed by atoms with Crippen LogP contribution in [0.3, 0.4) is 0 Å². The average Bonchev–Trinajstić information content (AvgIpc) is 2.95. The number of aromatic nitrogens is 4. The molecule has 0 bridgehead atoms. The summed E-state index contributed by atoms with van der Waals surface area (Å²) in [7, 11) is 0. The fourth-order valence-electron chi connectivity index (χ4n) is 4.87. The number of unbranched alkanes of at least 4 members (excludes halogenated alkanes) is 2. The van der Waals surface area contributed by atoms with Gasteiger partial charge in [-0.3, -0.25) is 19.9 Å². The van der Waals surface area contributed by atoms with Gasteiger partial charge in [0.25, 0.3) is 0 Å². The summed E-state index contributed by atoms with van der Waals surface area (Å²) in [6, 6.07) is 21.3. The normalized spacial score (nSPS) is 11.3. The maximum Gasteiger partial charge on any atom is 0.0799 e. The molecule has 0 atom stereocenters. The van der Waals surface area contributed by atoms with Gasteiger partial charge in [0.15, 0.2) is 0 Å². The Labute approximate surface area is 225 Å². The van der Waals surface area contributed by atoms with Crippen molar-refractivity contribution in [3.8, 4) is 0 Å². The average molecular weight is 501 g/mol. The summed E-state index contributed by atoms with van der Waals surface area (Å²) in [5, 5.41) is 4.72. The second-order valence-electron chi connectivity index (χ2n) is 10.2. The van der Waals surface area contributed by atoms with Crippen molar-refractivity contribution < 1.29 is 0 Å². The van der Waals surface area contributed by atoms with Crippen molar-refractivity contribution in [2.45, 2.75) is 66.2 Å². The van der Waals surface area contributed by atoms with E-state index in [9.17, 15) is 0 Å². The Morgan fingerprint density at radius 3 is 1.95 bits per heavy atom. The van der Waals surface area contributed by atoms with Crippen LogP contribution in [0.25, 0.3) is 43.6 Å². The van der Waals surface area contributed by atoms with E-state index in [0.717, 1.165) is 46.0 Å². The highest BCUT2D eigenvalue weighted by atomic mass is 14.7. The lowest BCUT2D eigenvalue weighted by molar-refractivity contribution is 0.780. The number of aryl methyl sites for hydroxylation is 4. The molecule has 192 valence electrons. The summed E-state index contributed by atoms with van der Waals surface area (Å²) in [6.45, 7) is 8.52. The van der Waals surface area contributed by atoms with Crippen molar-refractivity contribution in [3.05, 3.63) is 95.6 Å². The summed E-state index contributed by atoms with van der Waals surface area (Å²) in [5.41, 5.74) is 8.95. The zero-order valence-corrected chi connectivity index (χ0v) is 23.0. The van der Waals surface area contributed by atoms with Crippen LogP contribution in [-0.2, 0) is 12.8 Å². The van der Waals surface area contributed by atoms with Gasteiger partial charge in [0.2, 0.25) is 0 Å². The van der Waals surface area contributed by atoms with Gasteiger partial charge in [-0.2, -0.15) is 0 Å². The second-order valence-corrected chi connectivity index (χ2v) is 10.2. The first-order chi connectivity index (χ1) is 18.6. The molecule has 2 aromatic carbocycles. The molecule has 0 saturated carbocycles. The van der Waals surface area contributed by atoms with E-state index in [0.29, 0.717) is 0 Å². The van der Waals surface area contributed by atoms with Gasteiger partial charge < -0.3 is 0 Å². The number of hydrogen-bond acceptors (Lipinski definition) is 4. The summed E-state index contributed by atoms with van der Waals surface area (Å²) >= 11 is 0. The Morgan fingerprint density at radius 2 is 1.21 bits per heavy atom. The van der Waals surface area contributed by atoms with E-state index in [1.165, 1.54) is 58.7 Å². The SMILES string of the molecule is CCCCc1cnc2ccc3ccc(CCCC)nc3c2c1.Cc1cnc2ccc3ccc(C)nc3c2c1. The Hall–Kier alpha value is -3.92. The van der Waals surface area contributed by atoms with E-state index in [-0.39, 0.29) is 0 Å². The zero-order chi connectivity index (χ0) is 26.5. The molecule has 0 aliphatic rings. The summed E-state index contributed by atoms with van der Waals surface area (Å²) in [5.74, 6) is 0. The van der Waals surface area contributed by atoms with E-state index in [1.807, 2.05) is 31.5 Å². The highest BCUT2D eigenvalue weighted by molar-refractivity contribution is 6.04. The molecule has 0 unspecified atom stereocenters. The van der Waals surface area contributed by atoms with Crippen LogP contribution in [0.2, 0.25) is 0 Å². The molecular weight excluding hydrogens is 464 g/mol. The minimum atomic E-state index is 1.01. The highest BCUT2D eigenvalue weighted by Crippen LogP contribution is 2.25. The lowest BCUT2D eigenvalue weighted by Crippen LogP contribution is -1.93. The Bertz CT molecular complexity index is 1590. The first-order valence-electron chi connectivity index (χ1n) is 13.9. The van der Waals surface area contributed by atoms with Crippen LogP contribution in [0.4, 0.5) is 0 Å². The third kappa shape index (κ3) is 5.65. The molecule has 0 amide bonds. The minimum absolute atomic E-state index is 1.01. The molecule has 6 rings (SSSR count). The number of hydrogen-bond donors (Lipinski definition) is 0. The van der Waals surface area contributed by atoms with E-state index >= 15 is 0 Å². The molecule has 0 aliphatic heterocycles. The van der Waals surface area contributed by atoms with Crippen LogP contribution < -0.4 is 0 Å². The van der Waals surface area contributed by atoms with E-state index < -0.39 is 0 Å². The van der Waals surface area contributed by atoms with Gasteiger partial charge >= 0.3 is 0 Å². The number of pyridine rings is 4. The number of fused-ring (bicyclic) bond motifs is 6. The summed E-state index contributed by atoms with van der Waals surface area (Å²) in [6.07, 6.45) is 10.9. The van der Waals surface area contributed by atoms with Crippen molar-refractivity contribution in [1.29, 1.82) is 0 Å². The monoisotopic (exact) mass is 500 g/mol. The molecule has 4 aromatic heterocycles. The van der Waals surface area contributed by atoms with Gasteiger partial charge in [0, 0.05) is 45.3 Å². The van der Waals surface area contributed by atoms with Gasteiger partial charge in [-0.25, -0.2) is 0 Å². The Morgan fingerprint density at radius 1 is 0.605 bits per heavy atom. The molecule has 4 heteroatoms. The van der Waals surface area contributed by atoms with Crippen molar-refractivity contribution in [2.75, 3.05) is 0 Å². The van der Waals surface area contributed by atoms with Gasteiger partial charge in [-0.05, 0) is 87.1 Å². The van der Waals surface area contributed by atoms with Crippen LogP contribution in [0.5, 0.6) is 0 Å². The van der Waals surface area contributed by atoms with Gasteiger partial charge in [0.05, 0.1) is 22.1 Å². The van der Waals surface area contributed by atoms with Gasteiger partial charge in [0.1, 0.15) is 0 Å². The molecule has 0 spiro atoms. The minimum Gasteiger partial charge on any atom is -0.256 e. The maximum absolute atomic E-state index is 4.92. The molecule has 0 saturated heterocycles. The van der Waals surface area contributed by atoms with Crippen molar-refractivity contribution in [3.63, 3.8) is 0 Å². The number of rotatable bonds is 6. The van der Waals surface area contributed by atoms with Crippen LogP contribution in [0, 0.1) is 13.8 Å². The third-order valence-corrected chi connectivity index (χ3v) is 7.04. The fraction of sp³-hybridized carbons (Fsp3) is 0.294. The van der Waals surface area contributed by atoms with E-state index in [4.69, 9.17) is 4.98 Å². The van der Waals surface area contributed by atoms with Crippen LogP contribution >= 0.6 is 0 Å². The first kappa shape index (κ1) is 25.7. The number of nitrogens with zero attached hydrogens (tertiary/aromatic N) is 4. The Balaban J connectivity index is 0.000000162. The molecule has 4 heterocycles. The lowest BCUT2D eigenvalue weighted by atomic mass is 10.0. The highest BCUT2D eigenvalue weighted by Gasteiger charge is 2.06. The van der Waals surface area contributed by atoms with Crippen molar-refractivity contribution in [1.82, 2.24) is 19.9 Å². The van der Waals surface area contributed by atoms with Crippen LogP contribution in [0.1, 0.15) is 62.0 Å². The molecule has 38 heavy (non-hydrogen) atoms. The van der Waals surface area contributed by atoms with Crippen LogP contribution in [-0.4, -0.2) is 19.9 Å². The predicted molar refractivity (Wildman–Crippen MR) is 161 cm³/mol. The summed E-state index contributed by atoms with van der Waals surface area (Å²) in [4.78, 5) is 18.6. The Kier molecular flexibility index (Phi) is 7.88. The molecular formula is C34H36N4. The van der Waals surface area contributed by atoms with Crippen LogP contribution in [0.15, 0.2) is 73.1 Å². The lowest BCUT2D eigenvalue weighted by Gasteiger charge is -2.07.